The highest BCUT2D eigenvalue weighted by Crippen LogP contribution is 2.27. The molecule has 1 aromatic carbocycles. The van der Waals surface area contributed by atoms with Crippen LogP contribution in [0.2, 0.25) is 0 Å². The van der Waals surface area contributed by atoms with Crippen LogP contribution in [0.15, 0.2) is 24.3 Å². The van der Waals surface area contributed by atoms with Gasteiger partial charge in [0.2, 0.25) is 5.91 Å². The number of likely N-dealkylation sites (N-methyl/N-ethyl adjacent to an activating group) is 1. The lowest BCUT2D eigenvalue weighted by molar-refractivity contribution is -0.131. The topological polar surface area (TPSA) is 52.6 Å². The molecule has 1 fully saturated rings. The van der Waals surface area contributed by atoms with E-state index in [1.807, 2.05) is 38.1 Å². The van der Waals surface area contributed by atoms with Crippen molar-refractivity contribution in [2.24, 2.45) is 5.92 Å². The first kappa shape index (κ1) is 16.0. The summed E-state index contributed by atoms with van der Waals surface area (Å²) in [7, 11) is 0. The third kappa shape index (κ3) is 5.14. The molecular weight excluding hydrogens is 264 g/mol. The Morgan fingerprint density at radius 3 is 2.62 bits per heavy atom. The van der Waals surface area contributed by atoms with Crippen LogP contribution >= 0.6 is 0 Å². The molecule has 1 aromatic rings. The van der Waals surface area contributed by atoms with Gasteiger partial charge in [0.25, 0.3) is 0 Å². The van der Waals surface area contributed by atoms with Crippen LogP contribution < -0.4 is 5.32 Å². The number of rotatable bonds is 8. The van der Waals surface area contributed by atoms with Crippen LogP contribution in [0.25, 0.3) is 0 Å². The molecule has 2 N–H and O–H groups in total. The van der Waals surface area contributed by atoms with Crippen molar-refractivity contribution in [1.29, 1.82) is 0 Å². The van der Waals surface area contributed by atoms with Gasteiger partial charge < -0.3 is 15.3 Å². The first-order valence-corrected chi connectivity index (χ1v) is 7.83. The summed E-state index contributed by atoms with van der Waals surface area (Å²) in [4.78, 5) is 13.9. The van der Waals surface area contributed by atoms with Gasteiger partial charge in [-0.1, -0.05) is 29.8 Å². The average Bonchev–Trinajstić information content (AvgIpc) is 3.29. The van der Waals surface area contributed by atoms with Gasteiger partial charge >= 0.3 is 0 Å². The standard InChI is InChI=1S/C17H26N2O2/c1-3-19(17(21)11-18-10-14-6-7-14)12-16(20)15-8-4-13(2)5-9-15/h4-5,8-9,14,16,18,20H,3,6-7,10-12H2,1-2H3. The zero-order chi connectivity index (χ0) is 15.2. The monoisotopic (exact) mass is 290 g/mol. The zero-order valence-electron chi connectivity index (χ0n) is 13.0. The Hall–Kier alpha value is -1.39. The van der Waals surface area contributed by atoms with E-state index in [2.05, 4.69) is 5.32 Å². The molecule has 0 saturated heterocycles. The van der Waals surface area contributed by atoms with E-state index in [1.165, 1.54) is 18.4 Å². The summed E-state index contributed by atoms with van der Waals surface area (Å²) < 4.78 is 0. The molecule has 1 unspecified atom stereocenters. The van der Waals surface area contributed by atoms with E-state index >= 15 is 0 Å². The fraction of sp³-hybridized carbons (Fsp3) is 0.588. The molecule has 2 rings (SSSR count). The van der Waals surface area contributed by atoms with Crippen LogP contribution in [-0.4, -0.2) is 42.1 Å². The number of hydrogen-bond donors (Lipinski definition) is 2. The second kappa shape index (κ2) is 7.57. The van der Waals surface area contributed by atoms with Gasteiger partial charge in [-0.3, -0.25) is 4.79 Å². The van der Waals surface area contributed by atoms with E-state index in [-0.39, 0.29) is 5.91 Å². The number of aryl methyl sites for hydroxylation is 1. The van der Waals surface area contributed by atoms with Gasteiger partial charge in [-0.15, -0.1) is 0 Å². The summed E-state index contributed by atoms with van der Waals surface area (Å²) in [6.45, 7) is 6.23. The predicted molar refractivity (Wildman–Crippen MR) is 84.0 cm³/mol. The third-order valence-electron chi connectivity index (χ3n) is 4.00. The highest BCUT2D eigenvalue weighted by Gasteiger charge is 2.22. The summed E-state index contributed by atoms with van der Waals surface area (Å²) in [6, 6.07) is 7.80. The Morgan fingerprint density at radius 1 is 1.38 bits per heavy atom. The van der Waals surface area contributed by atoms with Crippen LogP contribution in [0.1, 0.15) is 37.0 Å². The van der Waals surface area contributed by atoms with Gasteiger partial charge in [-0.25, -0.2) is 0 Å². The minimum Gasteiger partial charge on any atom is -0.387 e. The number of amides is 1. The van der Waals surface area contributed by atoms with E-state index < -0.39 is 6.10 Å². The molecule has 1 aliphatic rings. The van der Waals surface area contributed by atoms with Gasteiger partial charge in [0.1, 0.15) is 0 Å². The molecule has 21 heavy (non-hydrogen) atoms. The molecule has 0 radical (unpaired) electrons. The van der Waals surface area contributed by atoms with Crippen molar-refractivity contribution >= 4 is 5.91 Å². The van der Waals surface area contributed by atoms with Crippen molar-refractivity contribution in [3.8, 4) is 0 Å². The lowest BCUT2D eigenvalue weighted by Crippen LogP contribution is -2.40. The van der Waals surface area contributed by atoms with E-state index in [0.29, 0.717) is 19.6 Å². The fourth-order valence-electron chi connectivity index (χ4n) is 2.33. The Labute approximate surface area is 127 Å². The molecule has 0 heterocycles. The average molecular weight is 290 g/mol. The third-order valence-corrected chi connectivity index (χ3v) is 4.00. The normalized spacial score (nSPS) is 15.8. The van der Waals surface area contributed by atoms with E-state index in [4.69, 9.17) is 0 Å². The number of benzene rings is 1. The Bertz CT molecular complexity index is 454. The number of carbonyl (C=O) groups excluding carboxylic acids is 1. The van der Waals surface area contributed by atoms with Crippen LogP contribution in [0.3, 0.4) is 0 Å². The van der Waals surface area contributed by atoms with Gasteiger partial charge in [0.05, 0.1) is 19.2 Å². The molecule has 0 bridgehead atoms. The smallest absolute Gasteiger partial charge is 0.236 e. The Morgan fingerprint density at radius 2 is 2.05 bits per heavy atom. The molecule has 1 saturated carbocycles. The SMILES string of the molecule is CCN(CC(O)c1ccc(C)cc1)C(=O)CNCC1CC1. The highest BCUT2D eigenvalue weighted by molar-refractivity contribution is 5.78. The molecule has 1 amide bonds. The minimum absolute atomic E-state index is 0.0595. The number of hydrogen-bond acceptors (Lipinski definition) is 3. The summed E-state index contributed by atoms with van der Waals surface area (Å²) >= 11 is 0. The van der Waals surface area contributed by atoms with Crippen LogP contribution in [0, 0.1) is 12.8 Å². The Balaban J connectivity index is 1.81. The second-order valence-corrected chi connectivity index (χ2v) is 5.93. The second-order valence-electron chi connectivity index (χ2n) is 5.93. The van der Waals surface area contributed by atoms with Crippen molar-refractivity contribution in [2.45, 2.75) is 32.8 Å². The highest BCUT2D eigenvalue weighted by atomic mass is 16.3. The maximum Gasteiger partial charge on any atom is 0.236 e. The van der Waals surface area contributed by atoms with Crippen molar-refractivity contribution in [3.05, 3.63) is 35.4 Å². The quantitative estimate of drug-likeness (QED) is 0.768. The summed E-state index contributed by atoms with van der Waals surface area (Å²) in [6.07, 6.45) is 1.94. The molecule has 4 heteroatoms. The number of nitrogens with zero attached hydrogens (tertiary/aromatic N) is 1. The largest absolute Gasteiger partial charge is 0.387 e. The van der Waals surface area contributed by atoms with Crippen molar-refractivity contribution in [3.63, 3.8) is 0 Å². The lowest BCUT2D eigenvalue weighted by Gasteiger charge is -2.24. The number of aliphatic hydroxyl groups is 1. The van der Waals surface area contributed by atoms with E-state index in [1.54, 1.807) is 4.90 Å². The van der Waals surface area contributed by atoms with Crippen LogP contribution in [0.5, 0.6) is 0 Å². The van der Waals surface area contributed by atoms with Crippen LogP contribution in [0.4, 0.5) is 0 Å². The van der Waals surface area contributed by atoms with Crippen molar-refractivity contribution in [1.82, 2.24) is 10.2 Å². The minimum atomic E-state index is -0.627. The van der Waals surface area contributed by atoms with Crippen LogP contribution in [-0.2, 0) is 4.79 Å². The first-order chi connectivity index (χ1) is 10.1. The van der Waals surface area contributed by atoms with Gasteiger partial charge in [0.15, 0.2) is 0 Å². The van der Waals surface area contributed by atoms with Crippen molar-refractivity contribution in [2.75, 3.05) is 26.2 Å². The predicted octanol–water partition coefficient (Wildman–Crippen LogP) is 1.88. The molecule has 0 aromatic heterocycles. The fourth-order valence-corrected chi connectivity index (χ4v) is 2.33. The van der Waals surface area contributed by atoms with Gasteiger partial charge in [-0.2, -0.15) is 0 Å². The summed E-state index contributed by atoms with van der Waals surface area (Å²) in [5.74, 6) is 0.829. The van der Waals surface area contributed by atoms with Gasteiger partial charge in [-0.05, 0) is 44.7 Å². The molecular formula is C17H26N2O2. The van der Waals surface area contributed by atoms with Crippen molar-refractivity contribution < 1.29 is 9.90 Å². The molecule has 116 valence electrons. The first-order valence-electron chi connectivity index (χ1n) is 7.83. The number of aliphatic hydroxyl groups excluding tert-OH is 1. The lowest BCUT2D eigenvalue weighted by atomic mass is 10.1. The zero-order valence-corrected chi connectivity index (χ0v) is 13.0. The molecule has 1 aliphatic carbocycles. The molecule has 4 nitrogen and oxygen atoms in total. The number of nitrogens with one attached hydrogen (secondary N) is 1. The molecule has 0 aliphatic heterocycles. The molecule has 0 spiro atoms. The molecule has 1 atom stereocenters. The maximum atomic E-state index is 12.1. The Kier molecular flexibility index (Phi) is 5.76. The number of carbonyl (C=O) groups is 1. The maximum absolute atomic E-state index is 12.1. The summed E-state index contributed by atoms with van der Waals surface area (Å²) in [5, 5.41) is 13.5. The van der Waals surface area contributed by atoms with E-state index in [0.717, 1.165) is 18.0 Å². The van der Waals surface area contributed by atoms with E-state index in [9.17, 15) is 9.90 Å². The summed E-state index contributed by atoms with van der Waals surface area (Å²) in [5.41, 5.74) is 2.02. The van der Waals surface area contributed by atoms with Gasteiger partial charge in [0, 0.05) is 6.54 Å².